The minimum Gasteiger partial charge on any atom is -0.397 e. The Morgan fingerprint density at radius 2 is 2.56 bits per heavy atom. The third-order valence-electron chi connectivity index (χ3n) is 1.99. The van der Waals surface area contributed by atoms with Crippen LogP contribution in [0.4, 0.5) is 0 Å². The average Bonchev–Trinajstić information content (AvgIpc) is 2.33. The monoisotopic (exact) mass is 127 g/mol. The molecule has 0 aromatic heterocycles. The van der Waals surface area contributed by atoms with Crippen molar-refractivity contribution in [3.05, 3.63) is 4.91 Å². The summed E-state index contributed by atoms with van der Waals surface area (Å²) < 4.78 is 0. The highest BCUT2D eigenvalue weighted by molar-refractivity contribution is 6.59. The maximum atomic E-state index is 10.0. The van der Waals surface area contributed by atoms with E-state index in [-0.39, 0.29) is 19.3 Å². The molecule has 1 fully saturated rings. The SMILES string of the molecule is O=NB1CCCC1CO. The molecule has 1 unspecified atom stereocenters. The molecular weight excluding hydrogens is 117 g/mol. The molecule has 1 heterocycles. The van der Waals surface area contributed by atoms with E-state index in [9.17, 15) is 4.91 Å². The zero-order valence-electron chi connectivity index (χ0n) is 5.29. The molecule has 0 aromatic rings. The van der Waals surface area contributed by atoms with Crippen LogP contribution in [0.15, 0.2) is 5.09 Å². The van der Waals surface area contributed by atoms with E-state index in [1.54, 1.807) is 0 Å². The van der Waals surface area contributed by atoms with Crippen LogP contribution in [0.1, 0.15) is 12.8 Å². The van der Waals surface area contributed by atoms with Gasteiger partial charge in [-0.2, -0.15) is 4.91 Å². The molecule has 0 amide bonds. The van der Waals surface area contributed by atoms with Crippen LogP contribution < -0.4 is 0 Å². The summed E-state index contributed by atoms with van der Waals surface area (Å²) in [5.74, 6) is 0.155. The van der Waals surface area contributed by atoms with E-state index < -0.39 is 0 Å². The van der Waals surface area contributed by atoms with Crippen LogP contribution in [0.25, 0.3) is 0 Å². The second-order valence-corrected chi connectivity index (χ2v) is 2.55. The Morgan fingerprint density at radius 3 is 3.00 bits per heavy atom. The molecule has 0 aromatic carbocycles. The molecule has 0 radical (unpaired) electrons. The first-order valence-corrected chi connectivity index (χ1v) is 3.32. The van der Waals surface area contributed by atoms with Crippen LogP contribution in [0.5, 0.6) is 0 Å². The van der Waals surface area contributed by atoms with E-state index in [0.29, 0.717) is 0 Å². The number of aliphatic hydroxyl groups excluding tert-OH is 1. The van der Waals surface area contributed by atoms with Crippen molar-refractivity contribution in [1.82, 2.24) is 0 Å². The lowest BCUT2D eigenvalue weighted by atomic mass is 9.55. The zero-order chi connectivity index (χ0) is 6.69. The molecule has 50 valence electrons. The predicted octanol–water partition coefficient (Wildman–Crippen LogP) is 0.901. The minimum absolute atomic E-state index is 0.102. The number of rotatable bonds is 2. The van der Waals surface area contributed by atoms with Crippen molar-refractivity contribution in [1.29, 1.82) is 0 Å². The van der Waals surface area contributed by atoms with Crippen LogP contribution >= 0.6 is 0 Å². The Balaban J connectivity index is 2.41. The van der Waals surface area contributed by atoms with Crippen molar-refractivity contribution in [2.75, 3.05) is 6.61 Å². The van der Waals surface area contributed by atoms with Crippen LogP contribution in [0.3, 0.4) is 0 Å². The lowest BCUT2D eigenvalue weighted by Gasteiger charge is -2.02. The number of hydrogen-bond donors (Lipinski definition) is 1. The summed E-state index contributed by atoms with van der Waals surface area (Å²) in [7, 11) is 0. The molecular formula is C5H10BNO2. The molecule has 0 bridgehead atoms. The van der Waals surface area contributed by atoms with E-state index in [1.165, 1.54) is 0 Å². The Labute approximate surface area is 54.5 Å². The largest absolute Gasteiger partial charge is 0.397 e. The molecule has 0 saturated carbocycles. The first-order valence-electron chi connectivity index (χ1n) is 3.32. The van der Waals surface area contributed by atoms with Crippen LogP contribution in [0.2, 0.25) is 12.1 Å². The fourth-order valence-corrected chi connectivity index (χ4v) is 1.37. The maximum Gasteiger partial charge on any atom is 0.342 e. The summed E-state index contributed by atoms with van der Waals surface area (Å²) in [4.78, 5) is 10.0. The summed E-state index contributed by atoms with van der Waals surface area (Å²) in [6.07, 6.45) is 2.88. The first-order chi connectivity index (χ1) is 4.38. The Morgan fingerprint density at radius 1 is 1.78 bits per heavy atom. The van der Waals surface area contributed by atoms with Gasteiger partial charge in [0.25, 0.3) is 0 Å². The van der Waals surface area contributed by atoms with Gasteiger partial charge in [-0.1, -0.05) is 12.8 Å². The lowest BCUT2D eigenvalue weighted by Crippen LogP contribution is -2.13. The molecule has 9 heavy (non-hydrogen) atoms. The van der Waals surface area contributed by atoms with Crippen molar-refractivity contribution in [3.63, 3.8) is 0 Å². The second kappa shape index (κ2) is 2.96. The van der Waals surface area contributed by atoms with Gasteiger partial charge in [0.1, 0.15) is 0 Å². The highest BCUT2D eigenvalue weighted by Gasteiger charge is 2.32. The number of hydrogen-bond acceptors (Lipinski definition) is 3. The van der Waals surface area contributed by atoms with Gasteiger partial charge in [-0.05, 0) is 12.1 Å². The fraction of sp³-hybridized carbons (Fsp3) is 1.00. The highest BCUT2D eigenvalue weighted by atomic mass is 16.3. The van der Waals surface area contributed by atoms with Crippen molar-refractivity contribution in [2.45, 2.75) is 25.0 Å². The molecule has 1 atom stereocenters. The minimum atomic E-state index is -0.102. The van der Waals surface area contributed by atoms with E-state index in [1.807, 2.05) is 0 Å². The molecule has 1 aliphatic heterocycles. The number of aliphatic hydroxyl groups is 1. The van der Waals surface area contributed by atoms with Crippen LogP contribution in [-0.4, -0.2) is 18.6 Å². The normalized spacial score (nSPS) is 26.8. The molecule has 4 heteroatoms. The molecule has 1 N–H and O–H groups in total. The van der Waals surface area contributed by atoms with E-state index >= 15 is 0 Å². The summed E-state index contributed by atoms with van der Waals surface area (Å²) >= 11 is 0. The molecule has 1 aliphatic rings. The molecule has 1 rings (SSSR count). The number of nitroso groups, excluding NO2 is 1. The fourth-order valence-electron chi connectivity index (χ4n) is 1.37. The van der Waals surface area contributed by atoms with Crippen LogP contribution in [-0.2, 0) is 0 Å². The second-order valence-electron chi connectivity index (χ2n) is 2.55. The lowest BCUT2D eigenvalue weighted by molar-refractivity contribution is 0.286. The summed E-state index contributed by atoms with van der Waals surface area (Å²) in [5.41, 5.74) is 0. The van der Waals surface area contributed by atoms with Gasteiger partial charge >= 0.3 is 6.85 Å². The smallest absolute Gasteiger partial charge is 0.342 e. The Hall–Kier alpha value is -0.375. The zero-order valence-corrected chi connectivity index (χ0v) is 5.29. The maximum absolute atomic E-state index is 10.0. The third kappa shape index (κ3) is 1.30. The van der Waals surface area contributed by atoms with Crippen molar-refractivity contribution in [2.24, 2.45) is 5.09 Å². The molecule has 3 nitrogen and oxygen atoms in total. The van der Waals surface area contributed by atoms with Gasteiger partial charge < -0.3 is 5.11 Å². The van der Waals surface area contributed by atoms with Gasteiger partial charge in [0.2, 0.25) is 0 Å². The van der Waals surface area contributed by atoms with Gasteiger partial charge in [0.15, 0.2) is 0 Å². The van der Waals surface area contributed by atoms with Crippen molar-refractivity contribution in [3.8, 4) is 0 Å². The first kappa shape index (κ1) is 6.74. The van der Waals surface area contributed by atoms with Gasteiger partial charge in [-0.25, -0.2) is 0 Å². The quantitative estimate of drug-likeness (QED) is 0.442. The average molecular weight is 127 g/mol. The predicted molar refractivity (Wildman–Crippen MR) is 36.4 cm³/mol. The van der Waals surface area contributed by atoms with E-state index in [4.69, 9.17) is 5.11 Å². The summed E-state index contributed by atoms with van der Waals surface area (Å²) in [6, 6.07) is 0. The topological polar surface area (TPSA) is 49.7 Å². The molecule has 1 saturated heterocycles. The van der Waals surface area contributed by atoms with Crippen molar-refractivity contribution < 1.29 is 5.11 Å². The molecule has 0 aliphatic carbocycles. The molecule has 0 spiro atoms. The highest BCUT2D eigenvalue weighted by Crippen LogP contribution is 2.30. The van der Waals surface area contributed by atoms with Crippen LogP contribution in [0, 0.1) is 4.91 Å². The van der Waals surface area contributed by atoms with Gasteiger partial charge in [0.05, 0.1) is 0 Å². The van der Waals surface area contributed by atoms with E-state index in [2.05, 4.69) is 5.09 Å². The third-order valence-corrected chi connectivity index (χ3v) is 1.99. The van der Waals surface area contributed by atoms with Crippen molar-refractivity contribution >= 4 is 6.85 Å². The number of nitrogens with zero attached hydrogens (tertiary/aromatic N) is 1. The Kier molecular flexibility index (Phi) is 2.22. The standard InChI is InChI=1S/C5H10BNO2/c8-4-5-2-1-3-6(5)7-9/h5,8H,1-4H2. The van der Waals surface area contributed by atoms with Gasteiger partial charge in [-0.15, -0.1) is 5.09 Å². The van der Waals surface area contributed by atoms with E-state index in [0.717, 1.165) is 19.2 Å². The van der Waals surface area contributed by atoms with Gasteiger partial charge in [-0.3, -0.25) is 0 Å². The Bertz CT molecular complexity index is 109. The van der Waals surface area contributed by atoms with Gasteiger partial charge in [0, 0.05) is 6.61 Å². The summed E-state index contributed by atoms with van der Waals surface area (Å²) in [5, 5.41) is 11.6. The summed E-state index contributed by atoms with van der Waals surface area (Å²) in [6.45, 7) is 0.0196.